The van der Waals surface area contributed by atoms with Crippen molar-refractivity contribution in [3.05, 3.63) is 18.2 Å². The summed E-state index contributed by atoms with van der Waals surface area (Å²) >= 11 is 0. The van der Waals surface area contributed by atoms with Gasteiger partial charge in [0, 0.05) is 32.4 Å². The Morgan fingerprint density at radius 1 is 1.53 bits per heavy atom. The third kappa shape index (κ3) is 2.30. The van der Waals surface area contributed by atoms with Crippen LogP contribution in [-0.2, 0) is 23.1 Å². The standard InChI is InChI=1S/C11H16N4O2/c1-8-11(17)13-7-10(16)15(8)5-3-9-12-4-6-14(9)2/h4,6,8H,3,5,7H2,1-2H3,(H,13,17). The highest BCUT2D eigenvalue weighted by atomic mass is 16.2. The molecule has 2 amide bonds. The fraction of sp³-hybridized carbons (Fsp3) is 0.545. The fourth-order valence-corrected chi connectivity index (χ4v) is 1.95. The van der Waals surface area contributed by atoms with E-state index in [2.05, 4.69) is 10.3 Å². The Balaban J connectivity index is 2.00. The van der Waals surface area contributed by atoms with Crippen molar-refractivity contribution in [2.24, 2.45) is 7.05 Å². The molecule has 2 heterocycles. The van der Waals surface area contributed by atoms with Crippen molar-refractivity contribution in [2.75, 3.05) is 13.1 Å². The van der Waals surface area contributed by atoms with E-state index >= 15 is 0 Å². The molecule has 6 nitrogen and oxygen atoms in total. The highest BCUT2D eigenvalue weighted by Gasteiger charge is 2.30. The van der Waals surface area contributed by atoms with E-state index in [1.54, 1.807) is 18.0 Å². The zero-order valence-corrected chi connectivity index (χ0v) is 10.0. The second-order valence-electron chi connectivity index (χ2n) is 4.19. The summed E-state index contributed by atoms with van der Waals surface area (Å²) in [6, 6.07) is -0.392. The first kappa shape index (κ1) is 11.6. The number of imidazole rings is 1. The van der Waals surface area contributed by atoms with Gasteiger partial charge in [-0.05, 0) is 6.92 Å². The predicted octanol–water partition coefficient (Wildman–Crippen LogP) is -0.690. The summed E-state index contributed by atoms with van der Waals surface area (Å²) in [5.41, 5.74) is 0. The molecule has 1 fully saturated rings. The lowest BCUT2D eigenvalue weighted by molar-refractivity contribution is -0.144. The summed E-state index contributed by atoms with van der Waals surface area (Å²) in [6.45, 7) is 2.37. The van der Waals surface area contributed by atoms with Crippen LogP contribution in [0.4, 0.5) is 0 Å². The van der Waals surface area contributed by atoms with Crippen molar-refractivity contribution >= 4 is 11.8 Å². The zero-order valence-electron chi connectivity index (χ0n) is 10.0. The molecule has 1 N–H and O–H groups in total. The van der Waals surface area contributed by atoms with Gasteiger partial charge in [-0.1, -0.05) is 0 Å². The van der Waals surface area contributed by atoms with Gasteiger partial charge in [0.15, 0.2) is 0 Å². The zero-order chi connectivity index (χ0) is 12.4. The highest BCUT2D eigenvalue weighted by molar-refractivity contribution is 5.94. The quantitative estimate of drug-likeness (QED) is 0.755. The monoisotopic (exact) mass is 236 g/mol. The topological polar surface area (TPSA) is 67.2 Å². The summed E-state index contributed by atoms with van der Waals surface area (Å²) < 4.78 is 1.92. The van der Waals surface area contributed by atoms with Crippen LogP contribution < -0.4 is 5.32 Å². The molecule has 0 saturated carbocycles. The molecule has 2 rings (SSSR count). The molecule has 1 aromatic heterocycles. The van der Waals surface area contributed by atoms with Crippen LogP contribution in [-0.4, -0.2) is 45.4 Å². The van der Waals surface area contributed by atoms with Gasteiger partial charge < -0.3 is 14.8 Å². The van der Waals surface area contributed by atoms with Crippen LogP contribution in [0.25, 0.3) is 0 Å². The van der Waals surface area contributed by atoms with Gasteiger partial charge in [-0.25, -0.2) is 4.98 Å². The average molecular weight is 236 g/mol. The van der Waals surface area contributed by atoms with Crippen molar-refractivity contribution in [3.63, 3.8) is 0 Å². The first-order chi connectivity index (χ1) is 8.09. The number of piperazine rings is 1. The summed E-state index contributed by atoms with van der Waals surface area (Å²) in [7, 11) is 1.91. The van der Waals surface area contributed by atoms with Gasteiger partial charge in [-0.15, -0.1) is 0 Å². The number of hydrogen-bond donors (Lipinski definition) is 1. The molecule has 1 unspecified atom stereocenters. The molecule has 0 spiro atoms. The van der Waals surface area contributed by atoms with E-state index in [0.717, 1.165) is 5.82 Å². The van der Waals surface area contributed by atoms with Gasteiger partial charge in [-0.3, -0.25) is 9.59 Å². The van der Waals surface area contributed by atoms with Crippen LogP contribution in [0.3, 0.4) is 0 Å². The van der Waals surface area contributed by atoms with Crippen LogP contribution >= 0.6 is 0 Å². The van der Waals surface area contributed by atoms with E-state index in [1.807, 2.05) is 17.8 Å². The number of nitrogens with one attached hydrogen (secondary N) is 1. The van der Waals surface area contributed by atoms with Crippen molar-refractivity contribution in [2.45, 2.75) is 19.4 Å². The lowest BCUT2D eigenvalue weighted by Gasteiger charge is -2.32. The Hall–Kier alpha value is -1.85. The van der Waals surface area contributed by atoms with Gasteiger partial charge in [-0.2, -0.15) is 0 Å². The molecule has 1 aromatic rings. The van der Waals surface area contributed by atoms with E-state index in [9.17, 15) is 9.59 Å². The normalized spacial score (nSPS) is 20.6. The maximum Gasteiger partial charge on any atom is 0.242 e. The largest absolute Gasteiger partial charge is 0.345 e. The first-order valence-corrected chi connectivity index (χ1v) is 5.63. The Labute approximate surface area is 99.6 Å². The molecule has 92 valence electrons. The minimum atomic E-state index is -0.392. The Bertz CT molecular complexity index is 440. The van der Waals surface area contributed by atoms with E-state index in [-0.39, 0.29) is 18.4 Å². The average Bonchev–Trinajstić information content (AvgIpc) is 2.70. The SMILES string of the molecule is CC1C(=O)NCC(=O)N1CCc1nccn1C. The van der Waals surface area contributed by atoms with Gasteiger partial charge in [0.25, 0.3) is 0 Å². The number of rotatable bonds is 3. The van der Waals surface area contributed by atoms with Crippen LogP contribution in [0.15, 0.2) is 12.4 Å². The molecule has 0 aromatic carbocycles. The molecule has 1 aliphatic heterocycles. The molecule has 0 bridgehead atoms. The van der Waals surface area contributed by atoms with E-state index in [4.69, 9.17) is 0 Å². The van der Waals surface area contributed by atoms with E-state index < -0.39 is 6.04 Å². The molecule has 1 saturated heterocycles. The van der Waals surface area contributed by atoms with E-state index in [0.29, 0.717) is 13.0 Å². The summed E-state index contributed by atoms with van der Waals surface area (Å²) in [5.74, 6) is 0.784. The van der Waals surface area contributed by atoms with Gasteiger partial charge in [0.1, 0.15) is 11.9 Å². The number of aryl methyl sites for hydroxylation is 1. The second kappa shape index (κ2) is 4.57. The third-order valence-electron chi connectivity index (χ3n) is 3.08. The Morgan fingerprint density at radius 3 is 2.94 bits per heavy atom. The molecular formula is C11H16N4O2. The lowest BCUT2D eigenvalue weighted by Crippen LogP contribution is -2.57. The first-order valence-electron chi connectivity index (χ1n) is 5.63. The number of hydrogen-bond acceptors (Lipinski definition) is 3. The van der Waals surface area contributed by atoms with Gasteiger partial charge in [0.05, 0.1) is 6.54 Å². The maximum atomic E-state index is 11.7. The van der Waals surface area contributed by atoms with E-state index in [1.165, 1.54) is 0 Å². The predicted molar refractivity (Wildman–Crippen MR) is 61.1 cm³/mol. The lowest BCUT2D eigenvalue weighted by atomic mass is 10.2. The number of aromatic nitrogens is 2. The summed E-state index contributed by atoms with van der Waals surface area (Å²) in [5, 5.41) is 2.57. The van der Waals surface area contributed by atoms with Crippen LogP contribution in [0.2, 0.25) is 0 Å². The van der Waals surface area contributed by atoms with Crippen LogP contribution in [0.1, 0.15) is 12.7 Å². The van der Waals surface area contributed by atoms with Crippen molar-refractivity contribution in [3.8, 4) is 0 Å². The summed E-state index contributed by atoms with van der Waals surface area (Å²) in [4.78, 5) is 28.9. The molecular weight excluding hydrogens is 220 g/mol. The Morgan fingerprint density at radius 2 is 2.29 bits per heavy atom. The molecule has 1 aliphatic rings. The van der Waals surface area contributed by atoms with Crippen molar-refractivity contribution in [1.82, 2.24) is 19.8 Å². The minimum Gasteiger partial charge on any atom is -0.345 e. The molecule has 6 heteroatoms. The smallest absolute Gasteiger partial charge is 0.242 e. The van der Waals surface area contributed by atoms with Crippen LogP contribution in [0, 0.1) is 0 Å². The summed E-state index contributed by atoms with van der Waals surface area (Å²) in [6.07, 6.45) is 4.25. The Kier molecular flexibility index (Phi) is 3.12. The number of nitrogens with zero attached hydrogens (tertiary/aromatic N) is 3. The number of carbonyl (C=O) groups excluding carboxylic acids is 2. The maximum absolute atomic E-state index is 11.7. The minimum absolute atomic E-state index is 0.0358. The van der Waals surface area contributed by atoms with Crippen molar-refractivity contribution < 1.29 is 9.59 Å². The molecule has 0 aliphatic carbocycles. The second-order valence-corrected chi connectivity index (χ2v) is 4.19. The van der Waals surface area contributed by atoms with Gasteiger partial charge >= 0.3 is 0 Å². The van der Waals surface area contributed by atoms with Crippen molar-refractivity contribution in [1.29, 1.82) is 0 Å². The fourth-order valence-electron chi connectivity index (χ4n) is 1.95. The highest BCUT2D eigenvalue weighted by Crippen LogP contribution is 2.07. The molecule has 1 atom stereocenters. The number of carbonyl (C=O) groups is 2. The third-order valence-corrected chi connectivity index (χ3v) is 3.08. The number of amides is 2. The van der Waals surface area contributed by atoms with Crippen LogP contribution in [0.5, 0.6) is 0 Å². The molecule has 17 heavy (non-hydrogen) atoms. The molecule has 0 radical (unpaired) electrons. The van der Waals surface area contributed by atoms with Gasteiger partial charge in [0.2, 0.25) is 11.8 Å².